The molecule has 4 heteroatoms. The molecule has 1 aliphatic carbocycles. The molecule has 0 saturated heterocycles. The Labute approximate surface area is 142 Å². The Morgan fingerprint density at radius 2 is 1.96 bits per heavy atom. The molecule has 0 aromatic heterocycles. The molecular weight excluding hydrogens is 313 g/mol. The summed E-state index contributed by atoms with van der Waals surface area (Å²) in [5.41, 5.74) is 2.37. The number of rotatable bonds is 3. The lowest BCUT2D eigenvalue weighted by Gasteiger charge is -2.32. The van der Waals surface area contributed by atoms with Crippen molar-refractivity contribution in [1.29, 1.82) is 0 Å². The average Bonchev–Trinajstić information content (AvgIpc) is 2.44. The van der Waals surface area contributed by atoms with Gasteiger partial charge in [0.2, 0.25) is 0 Å². The number of halogens is 3. The van der Waals surface area contributed by atoms with Gasteiger partial charge >= 0.3 is 6.18 Å². The highest BCUT2D eigenvalue weighted by atomic mass is 19.4. The zero-order valence-electron chi connectivity index (χ0n) is 14.6. The zero-order chi connectivity index (χ0) is 18.4. The highest BCUT2D eigenvalue weighted by Crippen LogP contribution is 2.40. The van der Waals surface area contributed by atoms with E-state index in [0.29, 0.717) is 6.08 Å². The summed E-state index contributed by atoms with van der Waals surface area (Å²) in [7, 11) is 0. The summed E-state index contributed by atoms with van der Waals surface area (Å²) < 4.78 is 37.7. The Bertz CT molecular complexity index is 659. The molecule has 0 bridgehead atoms. The van der Waals surface area contributed by atoms with E-state index in [-0.39, 0.29) is 11.7 Å². The highest BCUT2D eigenvalue weighted by Gasteiger charge is 2.32. The van der Waals surface area contributed by atoms with Crippen molar-refractivity contribution in [2.45, 2.75) is 53.1 Å². The quantitative estimate of drug-likeness (QED) is 0.279. The van der Waals surface area contributed by atoms with Crippen LogP contribution in [0.25, 0.3) is 0 Å². The van der Waals surface area contributed by atoms with Crippen molar-refractivity contribution < 1.29 is 18.0 Å². The van der Waals surface area contributed by atoms with Crippen LogP contribution in [0.4, 0.5) is 13.2 Å². The van der Waals surface area contributed by atoms with E-state index < -0.39 is 11.7 Å². The second-order valence-electron chi connectivity index (χ2n) is 6.64. The molecular formula is C20H23F3O. The Hall–Kier alpha value is -2.02. The van der Waals surface area contributed by atoms with Crippen molar-refractivity contribution in [2.75, 3.05) is 0 Å². The summed E-state index contributed by atoms with van der Waals surface area (Å²) >= 11 is 0. The van der Waals surface area contributed by atoms with Gasteiger partial charge in [0.25, 0.3) is 0 Å². The van der Waals surface area contributed by atoms with E-state index in [4.69, 9.17) is 0 Å². The maximum absolute atomic E-state index is 12.6. The van der Waals surface area contributed by atoms with Crippen LogP contribution in [0.2, 0.25) is 0 Å². The molecule has 130 valence electrons. The fourth-order valence-corrected chi connectivity index (χ4v) is 2.78. The van der Waals surface area contributed by atoms with E-state index >= 15 is 0 Å². The molecule has 0 aromatic rings. The maximum atomic E-state index is 12.6. The van der Waals surface area contributed by atoms with Crippen LogP contribution in [0.15, 0.2) is 46.6 Å². The van der Waals surface area contributed by atoms with Crippen LogP contribution in [0.1, 0.15) is 47.0 Å². The zero-order valence-corrected chi connectivity index (χ0v) is 14.6. The van der Waals surface area contributed by atoms with Gasteiger partial charge in [0.05, 0.1) is 0 Å². The molecule has 0 N–H and O–H groups in total. The molecule has 0 atom stereocenters. The van der Waals surface area contributed by atoms with Gasteiger partial charge in [0, 0.05) is 0 Å². The van der Waals surface area contributed by atoms with Gasteiger partial charge in [0.15, 0.2) is 0 Å². The van der Waals surface area contributed by atoms with Crippen molar-refractivity contribution in [2.24, 2.45) is 5.41 Å². The van der Waals surface area contributed by atoms with Gasteiger partial charge in [-0.2, -0.15) is 13.2 Å². The monoisotopic (exact) mass is 336 g/mol. The molecule has 0 aliphatic heterocycles. The van der Waals surface area contributed by atoms with Gasteiger partial charge in [-0.05, 0) is 61.8 Å². The minimum absolute atomic E-state index is 0.0917. The Kier molecular flexibility index (Phi) is 6.83. The molecule has 24 heavy (non-hydrogen) atoms. The van der Waals surface area contributed by atoms with Gasteiger partial charge in [-0.1, -0.05) is 43.4 Å². The first-order chi connectivity index (χ1) is 11.1. The normalized spacial score (nSPS) is 19.3. The predicted octanol–water partition coefficient (Wildman–Crippen LogP) is 5.71. The molecule has 0 radical (unpaired) electrons. The standard InChI is InChI=1S/C20H23F3O/c1-15(7-5-9-17(12-14-24)20(21,22)23)10-11-18-16(2)8-6-13-19(18,3)4/h7,10-12,14H,6,8,13H2,1-4H3/b11-10+,15-7+,17-12+. The smallest absolute Gasteiger partial charge is 0.299 e. The summed E-state index contributed by atoms with van der Waals surface area (Å²) in [4.78, 5) is 10.3. The summed E-state index contributed by atoms with van der Waals surface area (Å²) in [6, 6.07) is 0. The van der Waals surface area contributed by atoms with Crippen LogP contribution in [0.5, 0.6) is 0 Å². The molecule has 1 rings (SSSR count). The number of carbonyl (C=O) groups is 1. The number of hydrogen-bond donors (Lipinski definition) is 0. The third-order valence-corrected chi connectivity index (χ3v) is 4.10. The maximum Gasteiger partial charge on any atom is 0.424 e. The van der Waals surface area contributed by atoms with E-state index in [0.717, 1.165) is 18.4 Å². The first-order valence-electron chi connectivity index (χ1n) is 7.87. The van der Waals surface area contributed by atoms with Crippen molar-refractivity contribution in [3.05, 3.63) is 46.6 Å². The van der Waals surface area contributed by atoms with E-state index in [1.807, 2.05) is 18.1 Å². The molecule has 0 aromatic carbocycles. The van der Waals surface area contributed by atoms with Crippen LogP contribution in [0, 0.1) is 17.3 Å². The fraction of sp³-hybridized carbons (Fsp3) is 0.450. The molecule has 1 nitrogen and oxygen atoms in total. The molecule has 0 saturated carbocycles. The Morgan fingerprint density at radius 1 is 1.29 bits per heavy atom. The van der Waals surface area contributed by atoms with Gasteiger partial charge in [0.1, 0.15) is 11.9 Å². The third-order valence-electron chi connectivity index (χ3n) is 4.10. The van der Waals surface area contributed by atoms with Crippen molar-refractivity contribution >= 4 is 6.29 Å². The number of carbonyl (C=O) groups excluding carboxylic acids is 1. The van der Waals surface area contributed by atoms with Crippen molar-refractivity contribution in [1.82, 2.24) is 0 Å². The van der Waals surface area contributed by atoms with Crippen LogP contribution in [0.3, 0.4) is 0 Å². The fourth-order valence-electron chi connectivity index (χ4n) is 2.78. The first kappa shape index (κ1) is 20.0. The lowest BCUT2D eigenvalue weighted by Crippen LogP contribution is -2.19. The second kappa shape index (κ2) is 8.19. The van der Waals surface area contributed by atoms with Crippen LogP contribution in [-0.2, 0) is 4.79 Å². The van der Waals surface area contributed by atoms with Gasteiger partial charge in [-0.3, -0.25) is 4.79 Å². The first-order valence-corrected chi connectivity index (χ1v) is 7.87. The Balaban J connectivity index is 2.95. The predicted molar refractivity (Wildman–Crippen MR) is 91.2 cm³/mol. The van der Waals surface area contributed by atoms with Crippen LogP contribution < -0.4 is 0 Å². The summed E-state index contributed by atoms with van der Waals surface area (Å²) in [6.07, 6.45) is 4.63. The second-order valence-corrected chi connectivity index (χ2v) is 6.64. The average molecular weight is 336 g/mol. The van der Waals surface area contributed by atoms with Gasteiger partial charge < -0.3 is 0 Å². The van der Waals surface area contributed by atoms with Gasteiger partial charge in [-0.25, -0.2) is 0 Å². The minimum atomic E-state index is -4.61. The summed E-state index contributed by atoms with van der Waals surface area (Å²) in [5, 5.41) is 0. The summed E-state index contributed by atoms with van der Waals surface area (Å²) in [5.74, 6) is 4.36. The molecule has 0 unspecified atom stereocenters. The number of aldehydes is 1. The Morgan fingerprint density at radius 3 is 2.50 bits per heavy atom. The molecule has 0 amide bonds. The lowest BCUT2D eigenvalue weighted by atomic mass is 9.72. The van der Waals surface area contributed by atoms with Gasteiger partial charge in [-0.15, -0.1) is 0 Å². The minimum Gasteiger partial charge on any atom is -0.299 e. The van der Waals surface area contributed by atoms with Crippen LogP contribution in [-0.4, -0.2) is 12.5 Å². The van der Waals surface area contributed by atoms with Crippen LogP contribution >= 0.6 is 0 Å². The molecule has 0 heterocycles. The van der Waals surface area contributed by atoms with E-state index in [9.17, 15) is 18.0 Å². The molecule has 1 aliphatic rings. The van der Waals surface area contributed by atoms with Crippen molar-refractivity contribution in [3.8, 4) is 11.8 Å². The summed E-state index contributed by atoms with van der Waals surface area (Å²) in [6.45, 7) is 8.31. The number of hydrogen-bond acceptors (Lipinski definition) is 1. The topological polar surface area (TPSA) is 17.1 Å². The third kappa shape index (κ3) is 5.88. The SMILES string of the molecule is CC1=C(/C=C/C(C)=C/C#C/C(=C\C=O)C(F)(F)F)C(C)(C)CCC1. The van der Waals surface area contributed by atoms with E-state index in [2.05, 4.69) is 26.7 Å². The number of allylic oxidation sites excluding steroid dienone is 8. The van der Waals surface area contributed by atoms with E-state index in [1.165, 1.54) is 23.6 Å². The van der Waals surface area contributed by atoms with E-state index in [1.54, 1.807) is 6.92 Å². The number of alkyl halides is 3. The lowest BCUT2D eigenvalue weighted by molar-refractivity contribution is -0.105. The largest absolute Gasteiger partial charge is 0.424 e. The molecule has 0 fully saturated rings. The molecule has 0 spiro atoms. The highest BCUT2D eigenvalue weighted by molar-refractivity contribution is 5.68. The van der Waals surface area contributed by atoms with Crippen molar-refractivity contribution in [3.63, 3.8) is 0 Å².